The van der Waals surface area contributed by atoms with E-state index in [-0.39, 0.29) is 28.6 Å². The van der Waals surface area contributed by atoms with Gasteiger partial charge in [0.15, 0.2) is 20.5 Å². The van der Waals surface area contributed by atoms with E-state index in [9.17, 15) is 13.6 Å². The van der Waals surface area contributed by atoms with Crippen LogP contribution in [0.1, 0.15) is 22.8 Å². The highest BCUT2D eigenvalue weighted by molar-refractivity contribution is 8.01. The summed E-state index contributed by atoms with van der Waals surface area (Å²) in [5, 5.41) is 0.0538. The molecule has 3 aromatic carbocycles. The Labute approximate surface area is 193 Å². The van der Waals surface area contributed by atoms with Crippen molar-refractivity contribution < 1.29 is 13.6 Å². The molecule has 2 aliphatic rings. The number of thioether (sulfide) groups is 1. The molecule has 5 rings (SSSR count). The predicted octanol–water partition coefficient (Wildman–Crippen LogP) is 6.99. The molecule has 2 atom stereocenters. The number of fused-ring (bicyclic) bond motifs is 2. The fraction of sp³-hybridized carbons (Fsp3) is 0.148. The second-order valence-corrected chi connectivity index (χ2v) is 11.0. The van der Waals surface area contributed by atoms with Gasteiger partial charge in [-0.1, -0.05) is 19.1 Å². The third-order valence-corrected chi connectivity index (χ3v) is 9.33. The second-order valence-electron chi connectivity index (χ2n) is 7.80. The Bertz CT molecular complexity index is 1180. The maximum atomic E-state index is 13.6. The molecule has 2 unspecified atom stereocenters. The molecule has 1 nitrogen and oxygen atoms in total. The molecule has 0 radical (unpaired) electrons. The molecule has 3 aromatic rings. The first-order valence-electron chi connectivity index (χ1n) is 10.5. The van der Waals surface area contributed by atoms with E-state index in [1.165, 1.54) is 24.3 Å². The molecule has 160 valence electrons. The lowest BCUT2D eigenvalue weighted by Crippen LogP contribution is -2.30. The van der Waals surface area contributed by atoms with E-state index in [0.717, 1.165) is 37.1 Å². The predicted molar refractivity (Wildman–Crippen MR) is 127 cm³/mol. The van der Waals surface area contributed by atoms with Crippen molar-refractivity contribution in [1.29, 1.82) is 0 Å². The van der Waals surface area contributed by atoms with Crippen LogP contribution in [-0.4, -0.2) is 11.0 Å². The van der Waals surface area contributed by atoms with E-state index in [1.54, 1.807) is 36.0 Å². The third-order valence-electron chi connectivity index (χ3n) is 5.77. The molecule has 1 heterocycles. The van der Waals surface area contributed by atoms with Crippen LogP contribution in [0.4, 0.5) is 8.78 Å². The van der Waals surface area contributed by atoms with E-state index in [0.29, 0.717) is 0 Å². The number of halogens is 2. The number of allylic oxidation sites excluding steroid dienone is 2. The van der Waals surface area contributed by atoms with Crippen LogP contribution in [-0.2, 0) is 17.3 Å². The quantitative estimate of drug-likeness (QED) is 0.388. The smallest absolute Gasteiger partial charge is 0.172 e. The minimum Gasteiger partial charge on any atom is -0.293 e. The van der Waals surface area contributed by atoms with Gasteiger partial charge >= 0.3 is 0 Å². The zero-order chi connectivity index (χ0) is 22.2. The lowest BCUT2D eigenvalue weighted by Gasteiger charge is -2.30. The van der Waals surface area contributed by atoms with Crippen molar-refractivity contribution in [3.8, 4) is 0 Å². The zero-order valence-electron chi connectivity index (χ0n) is 17.4. The average molecular weight is 464 g/mol. The van der Waals surface area contributed by atoms with E-state index in [2.05, 4.69) is 37.3 Å². The molecule has 0 fully saturated rings. The van der Waals surface area contributed by atoms with Gasteiger partial charge in [-0.25, -0.2) is 8.78 Å². The number of benzene rings is 3. The summed E-state index contributed by atoms with van der Waals surface area (Å²) in [4.78, 5) is 17.3. The van der Waals surface area contributed by atoms with Crippen LogP contribution in [0.3, 0.4) is 0 Å². The molecule has 0 N–H and O–H groups in total. The molecular formula is C27H21F2OS2+. The lowest BCUT2D eigenvalue weighted by molar-refractivity contribution is 0.0942. The number of hydrogen-bond acceptors (Lipinski definition) is 2. The number of Topliss-reactive ketones (excluding diaryl/α,β-unsaturated/α-hetero) is 1. The first kappa shape index (κ1) is 21.2. The molecule has 0 saturated carbocycles. The SMILES string of the molecule is CCc1ccc2c(c1)C(=O)C1C=C([S+](c3ccc(F)cc3)c3ccc(F)cc3)C=CC1S2. The largest absolute Gasteiger partial charge is 0.293 e. The van der Waals surface area contributed by atoms with Crippen LogP contribution in [0.15, 0.2) is 105 Å². The summed E-state index contributed by atoms with van der Waals surface area (Å²) in [5.74, 6) is -0.711. The van der Waals surface area contributed by atoms with Crippen LogP contribution in [0, 0.1) is 17.6 Å². The molecule has 32 heavy (non-hydrogen) atoms. The summed E-state index contributed by atoms with van der Waals surface area (Å²) >= 11 is 1.72. The summed E-state index contributed by atoms with van der Waals surface area (Å²) in [6.07, 6.45) is 7.13. The Kier molecular flexibility index (Phi) is 5.78. The second kappa shape index (κ2) is 8.72. The maximum absolute atomic E-state index is 13.6. The number of carbonyl (C=O) groups is 1. The van der Waals surface area contributed by atoms with Crippen molar-refractivity contribution in [3.63, 3.8) is 0 Å². The number of ketones is 1. The Morgan fingerprint density at radius 3 is 2.12 bits per heavy atom. The van der Waals surface area contributed by atoms with Crippen LogP contribution in [0.25, 0.3) is 0 Å². The van der Waals surface area contributed by atoms with Gasteiger partial charge in [-0.05, 0) is 84.8 Å². The summed E-state index contributed by atoms with van der Waals surface area (Å²) in [5.41, 5.74) is 1.95. The summed E-state index contributed by atoms with van der Waals surface area (Å²) in [6, 6.07) is 19.0. The minimum atomic E-state index is -0.569. The molecule has 0 amide bonds. The fourth-order valence-corrected chi connectivity index (χ4v) is 7.44. The van der Waals surface area contributed by atoms with Gasteiger partial charge in [0.05, 0.1) is 16.8 Å². The van der Waals surface area contributed by atoms with Crippen LogP contribution >= 0.6 is 11.8 Å². The van der Waals surface area contributed by atoms with Crippen molar-refractivity contribution in [2.45, 2.75) is 33.3 Å². The molecular weight excluding hydrogens is 442 g/mol. The number of rotatable bonds is 4. The van der Waals surface area contributed by atoms with E-state index < -0.39 is 10.9 Å². The molecule has 0 bridgehead atoms. The summed E-state index contributed by atoms with van der Waals surface area (Å²) in [7, 11) is -0.569. The molecule has 1 aliphatic carbocycles. The fourth-order valence-electron chi connectivity index (χ4n) is 4.08. The summed E-state index contributed by atoms with van der Waals surface area (Å²) in [6.45, 7) is 2.09. The van der Waals surface area contributed by atoms with Gasteiger partial charge in [0.25, 0.3) is 0 Å². The zero-order valence-corrected chi connectivity index (χ0v) is 19.1. The van der Waals surface area contributed by atoms with Gasteiger partial charge in [0.1, 0.15) is 11.6 Å². The Morgan fingerprint density at radius 1 is 0.906 bits per heavy atom. The normalized spacial score (nSPS) is 19.5. The molecule has 0 aromatic heterocycles. The first-order chi connectivity index (χ1) is 15.5. The Morgan fingerprint density at radius 2 is 1.53 bits per heavy atom. The van der Waals surface area contributed by atoms with Crippen LogP contribution < -0.4 is 0 Å². The first-order valence-corrected chi connectivity index (χ1v) is 12.6. The van der Waals surface area contributed by atoms with Gasteiger partial charge < -0.3 is 0 Å². The van der Waals surface area contributed by atoms with E-state index in [4.69, 9.17) is 0 Å². The third kappa shape index (κ3) is 3.96. The topological polar surface area (TPSA) is 17.1 Å². The molecule has 0 saturated heterocycles. The minimum absolute atomic E-state index is 0.0538. The number of hydrogen-bond donors (Lipinski definition) is 0. The number of carbonyl (C=O) groups excluding carboxylic acids is 1. The molecule has 5 heteroatoms. The molecule has 1 aliphatic heterocycles. The van der Waals surface area contributed by atoms with E-state index >= 15 is 0 Å². The standard InChI is InChI=1S/C27H21F2OS2/c1-2-17-3-13-25-23(15-17)27(30)24-16-22(12-14-26(24)31-25)32(20-8-4-18(28)5-9-20)21-10-6-19(29)7-11-21/h3-16,24,26H,2H2,1H3/q+1. The monoisotopic (exact) mass is 463 g/mol. The number of aryl methyl sites for hydroxylation is 1. The maximum Gasteiger partial charge on any atom is 0.172 e. The van der Waals surface area contributed by atoms with Crippen molar-refractivity contribution in [1.82, 2.24) is 0 Å². The van der Waals surface area contributed by atoms with Crippen LogP contribution in [0.2, 0.25) is 0 Å². The summed E-state index contributed by atoms with van der Waals surface area (Å²) < 4.78 is 27.2. The van der Waals surface area contributed by atoms with Gasteiger partial charge in [0.2, 0.25) is 0 Å². The van der Waals surface area contributed by atoms with Crippen LogP contribution in [0.5, 0.6) is 0 Å². The Balaban J connectivity index is 1.57. The Hall–Kier alpha value is -2.63. The van der Waals surface area contributed by atoms with Crippen molar-refractivity contribution in [3.05, 3.63) is 113 Å². The van der Waals surface area contributed by atoms with Crippen molar-refractivity contribution >= 4 is 28.4 Å². The molecule has 0 spiro atoms. The van der Waals surface area contributed by atoms with Gasteiger partial charge in [-0.2, -0.15) is 0 Å². The van der Waals surface area contributed by atoms with Crippen molar-refractivity contribution in [2.24, 2.45) is 5.92 Å². The van der Waals surface area contributed by atoms with Gasteiger partial charge in [-0.15, -0.1) is 11.8 Å². The van der Waals surface area contributed by atoms with Gasteiger partial charge in [-0.3, -0.25) is 4.79 Å². The highest BCUT2D eigenvalue weighted by Crippen LogP contribution is 2.44. The average Bonchev–Trinajstić information content (AvgIpc) is 2.82. The van der Waals surface area contributed by atoms with Gasteiger partial charge in [0, 0.05) is 15.7 Å². The highest BCUT2D eigenvalue weighted by Gasteiger charge is 2.40. The van der Waals surface area contributed by atoms with Crippen molar-refractivity contribution in [2.75, 3.05) is 0 Å². The lowest BCUT2D eigenvalue weighted by atomic mass is 9.89. The van der Waals surface area contributed by atoms with E-state index in [1.807, 2.05) is 6.07 Å². The highest BCUT2D eigenvalue weighted by atomic mass is 32.2.